The van der Waals surface area contributed by atoms with Crippen LogP contribution in [-0.2, 0) is 4.79 Å². The molecule has 0 aromatic carbocycles. The van der Waals surface area contributed by atoms with Crippen molar-refractivity contribution in [2.24, 2.45) is 0 Å². The van der Waals surface area contributed by atoms with Gasteiger partial charge in [0.1, 0.15) is 11.6 Å². The molecule has 21 heavy (non-hydrogen) atoms. The molecule has 0 aliphatic heterocycles. The molecule has 0 spiro atoms. The largest absolute Gasteiger partial charge is 0.324 e. The number of likely N-dealkylation sites (N-methyl/N-ethyl adjacent to an activating group) is 1. The maximum absolute atomic E-state index is 11.9. The summed E-state index contributed by atoms with van der Waals surface area (Å²) in [5, 5.41) is 2.85. The highest BCUT2D eigenvalue weighted by Gasteiger charge is 2.10. The molecule has 1 amide bonds. The van der Waals surface area contributed by atoms with Crippen molar-refractivity contribution in [2.45, 2.75) is 26.8 Å². The van der Waals surface area contributed by atoms with Crippen LogP contribution >= 0.6 is 0 Å². The Kier molecular flexibility index (Phi) is 4.70. The van der Waals surface area contributed by atoms with Gasteiger partial charge in [0.25, 0.3) is 0 Å². The highest BCUT2D eigenvalue weighted by Crippen LogP contribution is 2.11. The number of pyridine rings is 1. The minimum atomic E-state index is -0.0421. The van der Waals surface area contributed by atoms with Crippen molar-refractivity contribution in [2.75, 3.05) is 18.9 Å². The molecule has 6 nitrogen and oxygen atoms in total. The molecule has 2 heterocycles. The average Bonchev–Trinajstić information content (AvgIpc) is 2.85. The number of hydrogen-bond acceptors (Lipinski definition) is 4. The first kappa shape index (κ1) is 15.2. The number of nitrogens with zero attached hydrogens (tertiary/aromatic N) is 4. The number of carbonyl (C=O) groups excluding carboxylic acids is 1. The molecule has 0 atom stereocenters. The van der Waals surface area contributed by atoms with Crippen LogP contribution in [0.2, 0.25) is 0 Å². The minimum absolute atomic E-state index is 0.0421. The Morgan fingerprint density at radius 1 is 1.38 bits per heavy atom. The predicted molar refractivity (Wildman–Crippen MR) is 82.5 cm³/mol. The molecule has 2 aromatic rings. The van der Waals surface area contributed by atoms with Gasteiger partial charge in [-0.25, -0.2) is 9.97 Å². The van der Waals surface area contributed by atoms with E-state index in [9.17, 15) is 4.79 Å². The molecule has 0 saturated carbocycles. The number of amides is 1. The Morgan fingerprint density at radius 2 is 2.14 bits per heavy atom. The van der Waals surface area contributed by atoms with Crippen molar-refractivity contribution >= 4 is 11.6 Å². The van der Waals surface area contributed by atoms with Crippen LogP contribution in [0.15, 0.2) is 30.7 Å². The van der Waals surface area contributed by atoms with Gasteiger partial charge in [-0.3, -0.25) is 14.3 Å². The molecule has 112 valence electrons. The van der Waals surface area contributed by atoms with Crippen LogP contribution in [-0.4, -0.2) is 45.0 Å². The van der Waals surface area contributed by atoms with E-state index in [1.807, 2.05) is 41.8 Å². The number of imidazole rings is 1. The molecule has 0 unspecified atom stereocenters. The second-order valence-electron chi connectivity index (χ2n) is 5.31. The first-order chi connectivity index (χ1) is 9.97. The fourth-order valence-electron chi connectivity index (χ4n) is 1.83. The topological polar surface area (TPSA) is 63.1 Å². The van der Waals surface area contributed by atoms with Crippen LogP contribution in [0.4, 0.5) is 5.69 Å². The number of aryl methyl sites for hydroxylation is 1. The zero-order valence-corrected chi connectivity index (χ0v) is 12.9. The standard InChI is InChI=1S/C15H21N5O/c1-11(2)19(4)10-15(21)18-13-5-6-14(17-9-13)20-8-7-16-12(20)3/h5-9,11H,10H2,1-4H3,(H,18,21). The molecule has 6 heteroatoms. The van der Waals surface area contributed by atoms with Crippen molar-refractivity contribution in [3.05, 3.63) is 36.5 Å². The number of carbonyl (C=O) groups is 1. The van der Waals surface area contributed by atoms with Crippen molar-refractivity contribution in [3.63, 3.8) is 0 Å². The van der Waals surface area contributed by atoms with E-state index in [4.69, 9.17) is 0 Å². The highest BCUT2D eigenvalue weighted by molar-refractivity contribution is 5.92. The van der Waals surface area contributed by atoms with Crippen LogP contribution in [0.1, 0.15) is 19.7 Å². The van der Waals surface area contributed by atoms with E-state index < -0.39 is 0 Å². The molecule has 0 radical (unpaired) electrons. The summed E-state index contributed by atoms with van der Waals surface area (Å²) in [4.78, 5) is 22.4. The van der Waals surface area contributed by atoms with Gasteiger partial charge in [-0.05, 0) is 40.0 Å². The Balaban J connectivity index is 2.00. The summed E-state index contributed by atoms with van der Waals surface area (Å²) in [5.41, 5.74) is 0.693. The Morgan fingerprint density at radius 3 is 2.67 bits per heavy atom. The lowest BCUT2D eigenvalue weighted by Crippen LogP contribution is -2.34. The van der Waals surface area contributed by atoms with Crippen LogP contribution in [0.25, 0.3) is 5.82 Å². The highest BCUT2D eigenvalue weighted by atomic mass is 16.2. The van der Waals surface area contributed by atoms with Crippen LogP contribution in [0.3, 0.4) is 0 Å². The molecule has 0 aliphatic carbocycles. The van der Waals surface area contributed by atoms with Gasteiger partial charge < -0.3 is 5.32 Å². The van der Waals surface area contributed by atoms with E-state index in [0.717, 1.165) is 11.6 Å². The van der Waals surface area contributed by atoms with Crippen molar-refractivity contribution in [1.29, 1.82) is 0 Å². The van der Waals surface area contributed by atoms with Gasteiger partial charge in [0, 0.05) is 18.4 Å². The summed E-state index contributed by atoms with van der Waals surface area (Å²) in [6.45, 7) is 6.38. The minimum Gasteiger partial charge on any atom is -0.324 e. The molecule has 0 bridgehead atoms. The van der Waals surface area contributed by atoms with Gasteiger partial charge in [0.2, 0.25) is 5.91 Å². The van der Waals surface area contributed by atoms with E-state index in [-0.39, 0.29) is 5.91 Å². The molecule has 0 aliphatic rings. The number of nitrogens with one attached hydrogen (secondary N) is 1. The third kappa shape index (κ3) is 3.88. The van der Waals surface area contributed by atoms with Gasteiger partial charge in [-0.2, -0.15) is 0 Å². The second kappa shape index (κ2) is 6.49. The third-order valence-electron chi connectivity index (χ3n) is 3.38. The number of anilines is 1. The van der Waals surface area contributed by atoms with Gasteiger partial charge in [0.05, 0.1) is 18.4 Å². The Labute approximate surface area is 124 Å². The van der Waals surface area contributed by atoms with Crippen molar-refractivity contribution in [1.82, 2.24) is 19.4 Å². The number of aromatic nitrogens is 3. The van der Waals surface area contributed by atoms with E-state index in [1.165, 1.54) is 0 Å². The fourth-order valence-corrected chi connectivity index (χ4v) is 1.83. The van der Waals surface area contributed by atoms with E-state index in [2.05, 4.69) is 29.1 Å². The smallest absolute Gasteiger partial charge is 0.238 e. The lowest BCUT2D eigenvalue weighted by molar-refractivity contribution is -0.117. The second-order valence-corrected chi connectivity index (χ2v) is 5.31. The first-order valence-corrected chi connectivity index (χ1v) is 6.94. The molecule has 0 saturated heterocycles. The van der Waals surface area contributed by atoms with E-state index in [0.29, 0.717) is 18.3 Å². The van der Waals surface area contributed by atoms with Crippen LogP contribution in [0, 0.1) is 6.92 Å². The van der Waals surface area contributed by atoms with Gasteiger partial charge in [-0.1, -0.05) is 0 Å². The summed E-state index contributed by atoms with van der Waals surface area (Å²) in [6, 6.07) is 4.03. The summed E-state index contributed by atoms with van der Waals surface area (Å²) in [5.74, 6) is 1.61. The van der Waals surface area contributed by atoms with Gasteiger partial charge in [0.15, 0.2) is 0 Å². The number of rotatable bonds is 5. The predicted octanol–water partition coefficient (Wildman–Crippen LogP) is 1.85. The molecule has 1 N–H and O–H groups in total. The molecule has 2 aromatic heterocycles. The van der Waals surface area contributed by atoms with E-state index >= 15 is 0 Å². The summed E-state index contributed by atoms with van der Waals surface area (Å²) >= 11 is 0. The molecular formula is C15H21N5O. The molecule has 2 rings (SSSR count). The average molecular weight is 287 g/mol. The SMILES string of the molecule is Cc1nccn1-c1ccc(NC(=O)CN(C)C(C)C)cn1. The first-order valence-electron chi connectivity index (χ1n) is 6.94. The van der Waals surface area contributed by atoms with Crippen LogP contribution < -0.4 is 5.32 Å². The van der Waals surface area contributed by atoms with Crippen molar-refractivity contribution < 1.29 is 4.79 Å². The zero-order valence-electron chi connectivity index (χ0n) is 12.9. The quantitative estimate of drug-likeness (QED) is 0.911. The maximum atomic E-state index is 11.9. The lowest BCUT2D eigenvalue weighted by Gasteiger charge is -2.20. The van der Waals surface area contributed by atoms with Gasteiger partial charge >= 0.3 is 0 Å². The summed E-state index contributed by atoms with van der Waals surface area (Å²) in [7, 11) is 1.92. The number of hydrogen-bond donors (Lipinski definition) is 1. The van der Waals surface area contributed by atoms with Crippen LogP contribution in [0.5, 0.6) is 0 Å². The zero-order chi connectivity index (χ0) is 15.4. The summed E-state index contributed by atoms with van der Waals surface area (Å²) < 4.78 is 1.89. The van der Waals surface area contributed by atoms with Gasteiger partial charge in [-0.15, -0.1) is 0 Å². The van der Waals surface area contributed by atoms with E-state index in [1.54, 1.807) is 12.4 Å². The monoisotopic (exact) mass is 287 g/mol. The fraction of sp³-hybridized carbons (Fsp3) is 0.400. The molecular weight excluding hydrogens is 266 g/mol. The molecule has 0 fully saturated rings. The third-order valence-corrected chi connectivity index (χ3v) is 3.38. The van der Waals surface area contributed by atoms with Crippen molar-refractivity contribution in [3.8, 4) is 5.82 Å². The Bertz CT molecular complexity index is 603. The lowest BCUT2D eigenvalue weighted by atomic mass is 10.3. The normalized spacial score (nSPS) is 11.1. The maximum Gasteiger partial charge on any atom is 0.238 e. The summed E-state index contributed by atoms with van der Waals surface area (Å²) in [6.07, 6.45) is 5.24. The Hall–Kier alpha value is -2.21.